The zero-order valence-corrected chi connectivity index (χ0v) is 34.8. The van der Waals surface area contributed by atoms with Gasteiger partial charge in [0.15, 0.2) is 0 Å². The summed E-state index contributed by atoms with van der Waals surface area (Å²) in [5.74, 6) is 0. The van der Waals surface area contributed by atoms with Gasteiger partial charge in [0.05, 0.1) is 11.0 Å². The summed E-state index contributed by atoms with van der Waals surface area (Å²) in [5, 5.41) is 9.62. The number of furan rings is 1. The van der Waals surface area contributed by atoms with Gasteiger partial charge < -0.3 is 18.8 Å². The van der Waals surface area contributed by atoms with E-state index in [-0.39, 0.29) is 0 Å². The number of nitrogens with zero attached hydrogens (tertiary/aromatic N) is 3. The van der Waals surface area contributed by atoms with Crippen molar-refractivity contribution in [2.24, 2.45) is 0 Å². The van der Waals surface area contributed by atoms with E-state index in [1.807, 2.05) is 23.5 Å². The summed E-state index contributed by atoms with van der Waals surface area (Å²) in [5.41, 5.74) is 11.8. The van der Waals surface area contributed by atoms with Crippen molar-refractivity contribution >= 4 is 120 Å². The highest BCUT2D eigenvalue weighted by atomic mass is 32.1. The van der Waals surface area contributed by atoms with Gasteiger partial charge in [0.25, 0.3) is 0 Å². The number of fused-ring (bicyclic) bond motifs is 10. The van der Waals surface area contributed by atoms with Gasteiger partial charge in [-0.25, -0.2) is 0 Å². The van der Waals surface area contributed by atoms with Crippen LogP contribution in [0.1, 0.15) is 0 Å². The molecule has 0 fully saturated rings. The molecule has 13 rings (SSSR count). The molecule has 0 saturated carbocycles. The summed E-state index contributed by atoms with van der Waals surface area (Å²) in [6.07, 6.45) is 0. The molecule has 0 unspecified atom stereocenters. The lowest BCUT2D eigenvalue weighted by molar-refractivity contribution is 0.669. The molecule has 0 saturated heterocycles. The Kier molecular flexibility index (Phi) is 8.05. The van der Waals surface area contributed by atoms with Crippen molar-refractivity contribution in [3.63, 3.8) is 0 Å². The number of para-hydroxylation sites is 4. The van der Waals surface area contributed by atoms with E-state index in [9.17, 15) is 0 Å². The molecule has 296 valence electrons. The zero-order chi connectivity index (χ0) is 41.4. The highest BCUT2D eigenvalue weighted by Crippen LogP contribution is 2.44. The summed E-state index contributed by atoms with van der Waals surface area (Å²) >= 11 is 1.85. The largest absolute Gasteiger partial charge is 0.456 e. The first-order valence-corrected chi connectivity index (χ1v) is 22.1. The summed E-state index contributed by atoms with van der Waals surface area (Å²) in [6, 6.07) is 81.0. The Morgan fingerprint density at radius 2 is 0.873 bits per heavy atom. The number of thiophene rings is 1. The van der Waals surface area contributed by atoms with Crippen molar-refractivity contribution in [2.75, 3.05) is 9.80 Å². The van der Waals surface area contributed by atoms with Crippen LogP contribution in [0.4, 0.5) is 34.1 Å². The van der Waals surface area contributed by atoms with Gasteiger partial charge in [0, 0.05) is 81.5 Å². The maximum absolute atomic E-state index is 6.37. The third-order valence-electron chi connectivity index (χ3n) is 12.5. The van der Waals surface area contributed by atoms with Crippen LogP contribution in [-0.2, 0) is 0 Å². The Balaban J connectivity index is 0.965. The van der Waals surface area contributed by atoms with E-state index in [0.717, 1.165) is 72.7 Å². The summed E-state index contributed by atoms with van der Waals surface area (Å²) < 4.78 is 11.3. The topological polar surface area (TPSA) is 24.6 Å². The van der Waals surface area contributed by atoms with Crippen molar-refractivity contribution in [1.29, 1.82) is 0 Å². The minimum absolute atomic E-state index is 0.895. The number of anilines is 6. The molecule has 3 aromatic heterocycles. The Labute approximate surface area is 367 Å². The Hall–Kier alpha value is -8.12. The zero-order valence-electron chi connectivity index (χ0n) is 34.0. The fourth-order valence-electron chi connectivity index (χ4n) is 9.62. The SMILES string of the molecule is c1ccc(N(c2ccc(N(c3ccc4cc5c(cc4c3)oc3ccccc35)c3ccc4c(c3)sc3ccccc34)cc2)c2ccc3c4ccccc4n(-c4ccccc4)c3c2)cc1. The standard InChI is InChI=1S/C58H37N3OS/c1-3-13-40(14-4-1)59(45-29-31-48-47-17-7-10-20-53(47)61(54(48)36-45)41-15-5-2-6-16-41)42-25-27-43(28-26-42)60(46-30-32-51-50-19-9-12-22-57(50)63-58(51)37-46)44-24-23-38-34-52-49-18-8-11-21-55(49)62-56(52)35-39(38)33-44/h1-37H. The molecular formula is C58H37N3OS. The van der Waals surface area contributed by atoms with E-state index in [1.54, 1.807) is 0 Å². The Bertz CT molecular complexity index is 3870. The van der Waals surface area contributed by atoms with Crippen LogP contribution >= 0.6 is 11.3 Å². The summed E-state index contributed by atoms with van der Waals surface area (Å²) in [7, 11) is 0. The van der Waals surface area contributed by atoms with E-state index in [0.29, 0.717) is 0 Å². The maximum atomic E-state index is 6.37. The molecule has 0 amide bonds. The second-order valence-corrected chi connectivity index (χ2v) is 17.3. The van der Waals surface area contributed by atoms with Crippen LogP contribution < -0.4 is 9.80 Å². The van der Waals surface area contributed by atoms with Crippen LogP contribution in [0, 0.1) is 0 Å². The third-order valence-corrected chi connectivity index (χ3v) is 13.6. The van der Waals surface area contributed by atoms with Crippen molar-refractivity contribution in [3.05, 3.63) is 224 Å². The van der Waals surface area contributed by atoms with Crippen molar-refractivity contribution < 1.29 is 4.42 Å². The van der Waals surface area contributed by atoms with Crippen LogP contribution in [0.2, 0.25) is 0 Å². The number of hydrogen-bond acceptors (Lipinski definition) is 4. The van der Waals surface area contributed by atoms with Crippen LogP contribution in [0.5, 0.6) is 0 Å². The van der Waals surface area contributed by atoms with Gasteiger partial charge in [0.1, 0.15) is 11.2 Å². The normalized spacial score (nSPS) is 11.8. The van der Waals surface area contributed by atoms with E-state index < -0.39 is 0 Å². The van der Waals surface area contributed by atoms with Crippen LogP contribution in [0.15, 0.2) is 229 Å². The number of rotatable bonds is 7. The fourth-order valence-corrected chi connectivity index (χ4v) is 10.8. The Morgan fingerprint density at radius 1 is 0.317 bits per heavy atom. The fraction of sp³-hybridized carbons (Fsp3) is 0. The molecule has 13 aromatic rings. The highest BCUT2D eigenvalue weighted by Gasteiger charge is 2.20. The molecule has 10 aromatic carbocycles. The molecule has 0 aliphatic rings. The third kappa shape index (κ3) is 5.82. The van der Waals surface area contributed by atoms with Gasteiger partial charge in [-0.3, -0.25) is 0 Å². The van der Waals surface area contributed by atoms with Crippen LogP contribution in [0.25, 0.3) is 80.4 Å². The Morgan fingerprint density at radius 3 is 1.68 bits per heavy atom. The lowest BCUT2D eigenvalue weighted by Crippen LogP contribution is -2.12. The monoisotopic (exact) mass is 823 g/mol. The molecule has 4 nitrogen and oxygen atoms in total. The molecular weight excluding hydrogens is 787 g/mol. The average molecular weight is 824 g/mol. The molecule has 0 aliphatic carbocycles. The average Bonchev–Trinajstić information content (AvgIpc) is 4.01. The van der Waals surface area contributed by atoms with Gasteiger partial charge in [-0.05, 0) is 126 Å². The van der Waals surface area contributed by atoms with Crippen molar-refractivity contribution in [3.8, 4) is 5.69 Å². The molecule has 63 heavy (non-hydrogen) atoms. The second-order valence-electron chi connectivity index (χ2n) is 16.2. The van der Waals surface area contributed by atoms with Gasteiger partial charge in [-0.2, -0.15) is 0 Å². The van der Waals surface area contributed by atoms with Crippen LogP contribution in [0.3, 0.4) is 0 Å². The van der Waals surface area contributed by atoms with Gasteiger partial charge >= 0.3 is 0 Å². The summed E-state index contributed by atoms with van der Waals surface area (Å²) in [6.45, 7) is 0. The molecule has 0 N–H and O–H groups in total. The highest BCUT2D eigenvalue weighted by molar-refractivity contribution is 7.25. The van der Waals surface area contributed by atoms with Gasteiger partial charge in [-0.1, -0.05) is 109 Å². The van der Waals surface area contributed by atoms with Gasteiger partial charge in [0.2, 0.25) is 0 Å². The van der Waals surface area contributed by atoms with E-state index in [2.05, 4.69) is 227 Å². The maximum Gasteiger partial charge on any atom is 0.136 e. The first-order valence-electron chi connectivity index (χ1n) is 21.3. The van der Waals surface area contributed by atoms with Crippen molar-refractivity contribution in [1.82, 2.24) is 4.57 Å². The molecule has 0 spiro atoms. The lowest BCUT2D eigenvalue weighted by Gasteiger charge is -2.28. The number of aromatic nitrogens is 1. The number of hydrogen-bond donors (Lipinski definition) is 0. The summed E-state index contributed by atoms with van der Waals surface area (Å²) in [4.78, 5) is 4.74. The van der Waals surface area contributed by atoms with Gasteiger partial charge in [-0.15, -0.1) is 11.3 Å². The predicted molar refractivity (Wildman–Crippen MR) is 268 cm³/mol. The second kappa shape index (κ2) is 14.2. The predicted octanol–water partition coefficient (Wildman–Crippen LogP) is 17.1. The molecule has 3 heterocycles. The van der Waals surface area contributed by atoms with Crippen LogP contribution in [-0.4, -0.2) is 4.57 Å². The molecule has 0 bridgehead atoms. The minimum Gasteiger partial charge on any atom is -0.456 e. The van der Waals surface area contributed by atoms with Crippen molar-refractivity contribution in [2.45, 2.75) is 0 Å². The smallest absolute Gasteiger partial charge is 0.136 e. The lowest BCUT2D eigenvalue weighted by atomic mass is 10.0. The first-order chi connectivity index (χ1) is 31.2. The molecule has 0 atom stereocenters. The van der Waals surface area contributed by atoms with E-state index >= 15 is 0 Å². The van der Waals surface area contributed by atoms with E-state index in [4.69, 9.17) is 4.42 Å². The quantitative estimate of drug-likeness (QED) is 0.160. The molecule has 0 radical (unpaired) electrons. The first kappa shape index (κ1) is 35.6. The minimum atomic E-state index is 0.895. The molecule has 0 aliphatic heterocycles. The number of benzene rings is 10. The van der Waals surface area contributed by atoms with E-state index in [1.165, 1.54) is 41.8 Å². The molecule has 5 heteroatoms.